The van der Waals surface area contributed by atoms with Crippen LogP contribution in [0.15, 0.2) is 22.9 Å². The predicted octanol–water partition coefficient (Wildman–Crippen LogP) is 4.42. The Hall–Kier alpha value is -1.10. The van der Waals surface area contributed by atoms with E-state index in [9.17, 15) is 4.79 Å². The summed E-state index contributed by atoms with van der Waals surface area (Å²) in [6.45, 7) is 8.59. The number of nitrogens with zero attached hydrogens (tertiary/aromatic N) is 2. The summed E-state index contributed by atoms with van der Waals surface area (Å²) in [5, 5.41) is 0. The minimum Gasteiger partial charge on any atom is -0.444 e. The number of piperidine rings is 1. The standard InChI is InChI=1S/C17H25BrN2O2/c1-12-7-13(8-14-9-15(18)11-19-10-14)5-6-20(12)16(21)22-17(2,3)4/h9-13H,5-8H2,1-4H3. The van der Waals surface area contributed by atoms with Crippen molar-refractivity contribution in [3.8, 4) is 0 Å². The van der Waals surface area contributed by atoms with Gasteiger partial charge < -0.3 is 9.64 Å². The van der Waals surface area contributed by atoms with Gasteiger partial charge in [-0.3, -0.25) is 4.98 Å². The molecule has 1 aliphatic heterocycles. The van der Waals surface area contributed by atoms with Crippen LogP contribution in [0.5, 0.6) is 0 Å². The molecule has 2 atom stereocenters. The van der Waals surface area contributed by atoms with Gasteiger partial charge in [0.25, 0.3) is 0 Å². The van der Waals surface area contributed by atoms with Gasteiger partial charge in [-0.2, -0.15) is 0 Å². The van der Waals surface area contributed by atoms with Crippen LogP contribution in [0.1, 0.15) is 46.1 Å². The normalized spacial score (nSPS) is 22.5. The third-order valence-corrected chi connectivity index (χ3v) is 4.33. The number of rotatable bonds is 2. The lowest BCUT2D eigenvalue weighted by Crippen LogP contribution is -2.47. The summed E-state index contributed by atoms with van der Waals surface area (Å²) in [6, 6.07) is 2.34. The van der Waals surface area contributed by atoms with E-state index in [1.54, 1.807) is 6.20 Å². The average Bonchev–Trinajstić information content (AvgIpc) is 2.36. The Kier molecular flexibility index (Phi) is 5.48. The van der Waals surface area contributed by atoms with E-state index >= 15 is 0 Å². The first-order valence-corrected chi connectivity index (χ1v) is 8.63. The molecule has 0 bridgehead atoms. The van der Waals surface area contributed by atoms with Crippen LogP contribution in [-0.4, -0.2) is 34.2 Å². The second kappa shape index (κ2) is 6.99. The van der Waals surface area contributed by atoms with Crippen LogP contribution >= 0.6 is 15.9 Å². The van der Waals surface area contributed by atoms with E-state index < -0.39 is 5.60 Å². The highest BCUT2D eigenvalue weighted by Crippen LogP contribution is 2.27. The molecule has 2 rings (SSSR count). The molecule has 2 unspecified atom stereocenters. The lowest BCUT2D eigenvalue weighted by molar-refractivity contribution is 0.00719. The molecule has 1 saturated heterocycles. The number of halogens is 1. The number of amides is 1. The van der Waals surface area contributed by atoms with Crippen LogP contribution < -0.4 is 0 Å². The maximum absolute atomic E-state index is 12.2. The topological polar surface area (TPSA) is 42.4 Å². The van der Waals surface area contributed by atoms with E-state index in [0.29, 0.717) is 5.92 Å². The van der Waals surface area contributed by atoms with Crippen molar-refractivity contribution in [2.75, 3.05) is 6.54 Å². The Labute approximate surface area is 141 Å². The Balaban J connectivity index is 1.91. The van der Waals surface area contributed by atoms with Gasteiger partial charge in [-0.15, -0.1) is 0 Å². The third-order valence-electron chi connectivity index (χ3n) is 3.90. The molecular weight excluding hydrogens is 344 g/mol. The summed E-state index contributed by atoms with van der Waals surface area (Å²) in [4.78, 5) is 18.3. The molecule has 1 aromatic heterocycles. The highest BCUT2D eigenvalue weighted by molar-refractivity contribution is 9.10. The monoisotopic (exact) mass is 368 g/mol. The van der Waals surface area contributed by atoms with Crippen molar-refractivity contribution >= 4 is 22.0 Å². The van der Waals surface area contributed by atoms with Gasteiger partial charge in [0.1, 0.15) is 5.60 Å². The first-order chi connectivity index (χ1) is 10.2. The lowest BCUT2D eigenvalue weighted by atomic mass is 9.87. The van der Waals surface area contributed by atoms with E-state index in [1.807, 2.05) is 31.9 Å². The molecule has 1 amide bonds. The van der Waals surface area contributed by atoms with Crippen LogP contribution in [0.2, 0.25) is 0 Å². The fourth-order valence-corrected chi connectivity index (χ4v) is 3.36. The second-order valence-corrected chi connectivity index (χ2v) is 8.04. The molecule has 0 aromatic carbocycles. The largest absolute Gasteiger partial charge is 0.444 e. The van der Waals surface area contributed by atoms with Gasteiger partial charge in [-0.25, -0.2) is 4.79 Å². The lowest BCUT2D eigenvalue weighted by Gasteiger charge is -2.38. The minimum absolute atomic E-state index is 0.192. The van der Waals surface area contributed by atoms with Crippen molar-refractivity contribution in [2.45, 2.75) is 58.6 Å². The predicted molar refractivity (Wildman–Crippen MR) is 90.8 cm³/mol. The number of hydrogen-bond donors (Lipinski definition) is 0. The van der Waals surface area contributed by atoms with Gasteiger partial charge in [-0.1, -0.05) is 0 Å². The van der Waals surface area contributed by atoms with Gasteiger partial charge >= 0.3 is 6.09 Å². The first kappa shape index (κ1) is 17.3. The third kappa shape index (κ3) is 4.97. The van der Waals surface area contributed by atoms with E-state index in [0.717, 1.165) is 30.3 Å². The van der Waals surface area contributed by atoms with Crippen LogP contribution in [0, 0.1) is 5.92 Å². The summed E-state index contributed by atoms with van der Waals surface area (Å²) in [7, 11) is 0. The van der Waals surface area contributed by atoms with Crippen LogP contribution in [0.3, 0.4) is 0 Å². The summed E-state index contributed by atoms with van der Waals surface area (Å²) in [6.07, 6.45) is 6.57. The summed E-state index contributed by atoms with van der Waals surface area (Å²) >= 11 is 3.46. The number of pyridine rings is 1. The molecule has 0 radical (unpaired) electrons. The minimum atomic E-state index is -0.435. The Morgan fingerprint density at radius 3 is 2.77 bits per heavy atom. The summed E-state index contributed by atoms with van der Waals surface area (Å²) in [5.41, 5.74) is 0.813. The number of carbonyl (C=O) groups excluding carboxylic acids is 1. The SMILES string of the molecule is CC1CC(Cc2cncc(Br)c2)CCN1C(=O)OC(C)(C)C. The quantitative estimate of drug-likeness (QED) is 0.775. The number of aromatic nitrogens is 1. The number of likely N-dealkylation sites (tertiary alicyclic amines) is 1. The molecule has 122 valence electrons. The molecule has 4 nitrogen and oxygen atoms in total. The van der Waals surface area contributed by atoms with E-state index in [-0.39, 0.29) is 12.1 Å². The van der Waals surface area contributed by atoms with Gasteiger partial charge in [0.2, 0.25) is 0 Å². The number of carbonyl (C=O) groups is 1. The van der Waals surface area contributed by atoms with Gasteiger partial charge in [0.05, 0.1) is 0 Å². The van der Waals surface area contributed by atoms with Crippen LogP contribution in [0.25, 0.3) is 0 Å². The number of ether oxygens (including phenoxy) is 1. The highest BCUT2D eigenvalue weighted by Gasteiger charge is 2.31. The van der Waals surface area contributed by atoms with Gasteiger partial charge in [0.15, 0.2) is 0 Å². The molecule has 2 heterocycles. The van der Waals surface area contributed by atoms with Crippen molar-refractivity contribution in [2.24, 2.45) is 5.92 Å². The van der Waals surface area contributed by atoms with Crippen LogP contribution in [-0.2, 0) is 11.2 Å². The zero-order valence-electron chi connectivity index (χ0n) is 13.8. The Morgan fingerprint density at radius 1 is 1.45 bits per heavy atom. The second-order valence-electron chi connectivity index (χ2n) is 7.13. The molecule has 0 saturated carbocycles. The van der Waals surface area contributed by atoms with Gasteiger partial charge in [-0.05, 0) is 80.4 Å². The zero-order valence-corrected chi connectivity index (χ0v) is 15.4. The fraction of sp³-hybridized carbons (Fsp3) is 0.647. The highest BCUT2D eigenvalue weighted by atomic mass is 79.9. The molecule has 22 heavy (non-hydrogen) atoms. The first-order valence-electron chi connectivity index (χ1n) is 7.83. The zero-order chi connectivity index (χ0) is 16.3. The number of hydrogen-bond acceptors (Lipinski definition) is 3. The summed E-state index contributed by atoms with van der Waals surface area (Å²) < 4.78 is 6.51. The molecule has 1 aromatic rings. The van der Waals surface area contributed by atoms with E-state index in [1.165, 1.54) is 5.56 Å². The Morgan fingerprint density at radius 2 is 2.18 bits per heavy atom. The van der Waals surface area contributed by atoms with Crippen molar-refractivity contribution in [3.63, 3.8) is 0 Å². The molecule has 5 heteroatoms. The Bertz CT molecular complexity index is 528. The van der Waals surface area contributed by atoms with Crippen molar-refractivity contribution < 1.29 is 9.53 Å². The van der Waals surface area contributed by atoms with Crippen molar-refractivity contribution in [3.05, 3.63) is 28.5 Å². The van der Waals surface area contributed by atoms with Gasteiger partial charge in [0, 0.05) is 29.5 Å². The molecule has 0 N–H and O–H groups in total. The molecule has 1 fully saturated rings. The maximum Gasteiger partial charge on any atom is 0.410 e. The molecular formula is C17H25BrN2O2. The van der Waals surface area contributed by atoms with Crippen molar-refractivity contribution in [1.82, 2.24) is 9.88 Å². The molecule has 0 aliphatic carbocycles. The van der Waals surface area contributed by atoms with Crippen molar-refractivity contribution in [1.29, 1.82) is 0 Å². The summed E-state index contributed by atoms with van der Waals surface area (Å²) in [5.74, 6) is 0.588. The maximum atomic E-state index is 12.2. The van der Waals surface area contributed by atoms with Crippen LogP contribution in [0.4, 0.5) is 4.79 Å². The smallest absolute Gasteiger partial charge is 0.410 e. The molecule has 1 aliphatic rings. The molecule has 0 spiro atoms. The van der Waals surface area contributed by atoms with E-state index in [2.05, 4.69) is 33.9 Å². The fourth-order valence-electron chi connectivity index (χ4n) is 2.95. The van der Waals surface area contributed by atoms with E-state index in [4.69, 9.17) is 4.74 Å². The average molecular weight is 369 g/mol.